The van der Waals surface area contributed by atoms with Gasteiger partial charge in [0.2, 0.25) is 5.91 Å². The van der Waals surface area contributed by atoms with Crippen molar-refractivity contribution < 1.29 is 9.53 Å². The van der Waals surface area contributed by atoms with Crippen LogP contribution in [0.3, 0.4) is 0 Å². The Balaban J connectivity index is 0.00000324. The van der Waals surface area contributed by atoms with Crippen LogP contribution in [0.1, 0.15) is 12.5 Å². The molecule has 0 spiro atoms. The van der Waals surface area contributed by atoms with Crippen LogP contribution >= 0.6 is 24.0 Å². The highest BCUT2D eigenvalue weighted by Gasteiger charge is 2.12. The first-order valence-corrected chi connectivity index (χ1v) is 6.21. The quantitative estimate of drug-likeness (QED) is 0.847. The zero-order valence-corrected chi connectivity index (χ0v) is 12.9. The number of methoxy groups -OCH3 is 1. The molecule has 0 aliphatic heterocycles. The lowest BCUT2D eigenvalue weighted by Crippen LogP contribution is -2.33. The van der Waals surface area contributed by atoms with Crippen LogP contribution in [0.2, 0.25) is 5.02 Å². The number of benzene rings is 1. The lowest BCUT2D eigenvalue weighted by atomic mass is 10.1. The van der Waals surface area contributed by atoms with E-state index in [1.54, 1.807) is 19.2 Å². The highest BCUT2D eigenvalue weighted by molar-refractivity contribution is 6.30. The molecule has 0 bridgehead atoms. The molecule has 0 aliphatic rings. The Kier molecular flexibility index (Phi) is 8.56. The van der Waals surface area contributed by atoms with Gasteiger partial charge in [0, 0.05) is 29.6 Å². The van der Waals surface area contributed by atoms with Crippen LogP contribution in [-0.2, 0) is 11.3 Å². The zero-order chi connectivity index (χ0) is 13.5. The summed E-state index contributed by atoms with van der Waals surface area (Å²) in [5.74, 6) is 0.638. The normalized spacial score (nSPS) is 11.4. The van der Waals surface area contributed by atoms with E-state index < -0.39 is 0 Å². The highest BCUT2D eigenvalue weighted by Crippen LogP contribution is 2.22. The molecule has 6 heteroatoms. The summed E-state index contributed by atoms with van der Waals surface area (Å²) in [5.41, 5.74) is 0.909. The average molecular weight is 307 g/mol. The van der Waals surface area contributed by atoms with E-state index in [1.165, 1.54) is 0 Å². The second-order valence-electron chi connectivity index (χ2n) is 4.13. The second kappa shape index (κ2) is 9.02. The molecule has 0 fully saturated rings. The van der Waals surface area contributed by atoms with Crippen molar-refractivity contribution in [3.05, 3.63) is 28.8 Å². The van der Waals surface area contributed by atoms with Crippen molar-refractivity contribution in [3.63, 3.8) is 0 Å². The summed E-state index contributed by atoms with van der Waals surface area (Å²) in [6.07, 6.45) is 0. The summed E-state index contributed by atoms with van der Waals surface area (Å²) in [6, 6.07) is 5.37. The van der Waals surface area contributed by atoms with Crippen molar-refractivity contribution in [1.29, 1.82) is 0 Å². The smallest absolute Gasteiger partial charge is 0.224 e. The van der Waals surface area contributed by atoms with Gasteiger partial charge in [-0.2, -0.15) is 0 Å². The number of hydrogen-bond acceptors (Lipinski definition) is 3. The van der Waals surface area contributed by atoms with Gasteiger partial charge < -0.3 is 15.4 Å². The van der Waals surface area contributed by atoms with E-state index >= 15 is 0 Å². The van der Waals surface area contributed by atoms with E-state index in [1.807, 2.05) is 20.0 Å². The van der Waals surface area contributed by atoms with Gasteiger partial charge in [0.05, 0.1) is 7.11 Å². The van der Waals surface area contributed by atoms with Gasteiger partial charge in [-0.05, 0) is 19.2 Å². The summed E-state index contributed by atoms with van der Waals surface area (Å²) >= 11 is 5.87. The maximum Gasteiger partial charge on any atom is 0.224 e. The Morgan fingerprint density at radius 2 is 2.16 bits per heavy atom. The van der Waals surface area contributed by atoms with Crippen molar-refractivity contribution in [1.82, 2.24) is 10.6 Å². The van der Waals surface area contributed by atoms with E-state index in [-0.39, 0.29) is 24.2 Å². The molecule has 1 atom stereocenters. The van der Waals surface area contributed by atoms with Crippen molar-refractivity contribution in [2.24, 2.45) is 5.92 Å². The Bertz CT molecular complexity index is 414. The first-order chi connectivity index (χ1) is 8.58. The predicted octanol–water partition coefficient (Wildman–Crippen LogP) is 2.24. The Labute approximate surface area is 125 Å². The van der Waals surface area contributed by atoms with Gasteiger partial charge in [-0.15, -0.1) is 12.4 Å². The average Bonchev–Trinajstić information content (AvgIpc) is 2.37. The van der Waals surface area contributed by atoms with Crippen LogP contribution < -0.4 is 15.4 Å². The van der Waals surface area contributed by atoms with E-state index in [2.05, 4.69) is 10.6 Å². The molecular formula is C13H20Cl2N2O2. The van der Waals surface area contributed by atoms with Gasteiger partial charge in [-0.1, -0.05) is 24.6 Å². The van der Waals surface area contributed by atoms with Crippen molar-refractivity contribution >= 4 is 29.9 Å². The molecule has 1 aromatic carbocycles. The standard InChI is InChI=1S/C13H19ClN2O2.ClH/c1-9(7-15-2)13(17)16-8-10-4-5-11(14)6-12(10)18-3;/h4-6,9,15H,7-8H2,1-3H3,(H,16,17);1H. The van der Waals surface area contributed by atoms with Crippen LogP contribution in [0.4, 0.5) is 0 Å². The summed E-state index contributed by atoms with van der Waals surface area (Å²) < 4.78 is 5.22. The fourth-order valence-electron chi connectivity index (χ4n) is 1.62. The number of carbonyl (C=O) groups is 1. The van der Waals surface area contributed by atoms with Gasteiger partial charge in [0.1, 0.15) is 5.75 Å². The predicted molar refractivity (Wildman–Crippen MR) is 80.2 cm³/mol. The van der Waals surface area contributed by atoms with Crippen LogP contribution in [0.25, 0.3) is 0 Å². The fourth-order valence-corrected chi connectivity index (χ4v) is 1.78. The topological polar surface area (TPSA) is 50.4 Å². The molecule has 108 valence electrons. The van der Waals surface area contributed by atoms with E-state index in [9.17, 15) is 4.79 Å². The largest absolute Gasteiger partial charge is 0.496 e. The molecule has 1 unspecified atom stereocenters. The van der Waals surface area contributed by atoms with Gasteiger partial charge in [-0.3, -0.25) is 4.79 Å². The molecule has 1 rings (SSSR count). The van der Waals surface area contributed by atoms with Gasteiger partial charge in [0.25, 0.3) is 0 Å². The van der Waals surface area contributed by atoms with Crippen molar-refractivity contribution in [2.75, 3.05) is 20.7 Å². The Hall–Kier alpha value is -0.970. The van der Waals surface area contributed by atoms with Crippen LogP contribution in [0, 0.1) is 5.92 Å². The molecule has 0 saturated heterocycles. The van der Waals surface area contributed by atoms with E-state index in [0.29, 0.717) is 23.9 Å². The number of ether oxygens (including phenoxy) is 1. The van der Waals surface area contributed by atoms with Gasteiger partial charge >= 0.3 is 0 Å². The maximum absolute atomic E-state index is 11.8. The molecule has 0 aromatic heterocycles. The molecule has 0 heterocycles. The SMILES string of the molecule is CNCC(C)C(=O)NCc1ccc(Cl)cc1OC.Cl. The molecule has 0 radical (unpaired) electrons. The second-order valence-corrected chi connectivity index (χ2v) is 4.57. The number of amides is 1. The fraction of sp³-hybridized carbons (Fsp3) is 0.462. The van der Waals surface area contributed by atoms with Crippen LogP contribution in [0.5, 0.6) is 5.75 Å². The highest BCUT2D eigenvalue weighted by atomic mass is 35.5. The molecule has 1 amide bonds. The summed E-state index contributed by atoms with van der Waals surface area (Å²) in [5, 5.41) is 6.47. The van der Waals surface area contributed by atoms with Gasteiger partial charge in [-0.25, -0.2) is 0 Å². The minimum Gasteiger partial charge on any atom is -0.496 e. The molecule has 2 N–H and O–H groups in total. The third-order valence-electron chi connectivity index (χ3n) is 2.66. The minimum absolute atomic E-state index is 0. The third kappa shape index (κ3) is 5.68. The van der Waals surface area contributed by atoms with Crippen molar-refractivity contribution in [3.8, 4) is 5.75 Å². The molecular weight excluding hydrogens is 287 g/mol. The third-order valence-corrected chi connectivity index (χ3v) is 2.90. The summed E-state index contributed by atoms with van der Waals surface area (Å²) in [7, 11) is 3.41. The number of hydrogen-bond donors (Lipinski definition) is 2. The molecule has 1 aromatic rings. The minimum atomic E-state index is -0.0618. The molecule has 0 saturated carbocycles. The number of nitrogens with one attached hydrogen (secondary N) is 2. The van der Waals surface area contributed by atoms with Crippen LogP contribution in [-0.4, -0.2) is 26.6 Å². The number of rotatable bonds is 6. The van der Waals surface area contributed by atoms with Crippen molar-refractivity contribution in [2.45, 2.75) is 13.5 Å². The summed E-state index contributed by atoms with van der Waals surface area (Å²) in [4.78, 5) is 11.8. The number of halogens is 2. The maximum atomic E-state index is 11.8. The lowest BCUT2D eigenvalue weighted by molar-refractivity contribution is -0.124. The zero-order valence-electron chi connectivity index (χ0n) is 11.3. The first-order valence-electron chi connectivity index (χ1n) is 5.83. The Morgan fingerprint density at radius 3 is 2.74 bits per heavy atom. The van der Waals surface area contributed by atoms with Crippen LogP contribution in [0.15, 0.2) is 18.2 Å². The lowest BCUT2D eigenvalue weighted by Gasteiger charge is -2.13. The monoisotopic (exact) mass is 306 g/mol. The molecule has 0 aliphatic carbocycles. The Morgan fingerprint density at radius 1 is 1.47 bits per heavy atom. The van der Waals surface area contributed by atoms with Gasteiger partial charge in [0.15, 0.2) is 0 Å². The first kappa shape index (κ1) is 18.0. The van der Waals surface area contributed by atoms with E-state index in [0.717, 1.165) is 5.56 Å². The summed E-state index contributed by atoms with van der Waals surface area (Å²) in [6.45, 7) is 2.97. The molecule has 19 heavy (non-hydrogen) atoms. The molecule has 4 nitrogen and oxygen atoms in total. The number of carbonyl (C=O) groups excluding carboxylic acids is 1. The van der Waals surface area contributed by atoms with E-state index in [4.69, 9.17) is 16.3 Å².